The summed E-state index contributed by atoms with van der Waals surface area (Å²) >= 11 is 1.68. The van der Waals surface area contributed by atoms with E-state index in [1.807, 2.05) is 24.3 Å². The molecule has 0 bridgehead atoms. The zero-order valence-electron chi connectivity index (χ0n) is 16.6. The zero-order valence-corrected chi connectivity index (χ0v) is 17.5. The Morgan fingerprint density at radius 2 is 2.00 bits per heavy atom. The summed E-state index contributed by atoms with van der Waals surface area (Å²) in [6.45, 7) is 4.26. The number of nitrogens with zero attached hydrogens (tertiary/aromatic N) is 4. The number of hydrogen-bond acceptors (Lipinski definition) is 6. The lowest BCUT2D eigenvalue weighted by atomic mass is 9.95. The molecule has 1 fully saturated rings. The molecule has 0 atom stereocenters. The summed E-state index contributed by atoms with van der Waals surface area (Å²) in [5.41, 5.74) is 3.27. The molecule has 1 aliphatic rings. The molecule has 0 spiro atoms. The van der Waals surface area contributed by atoms with Crippen molar-refractivity contribution in [2.45, 2.75) is 62.9 Å². The molecule has 1 saturated carbocycles. The van der Waals surface area contributed by atoms with Crippen molar-refractivity contribution in [1.82, 2.24) is 19.7 Å². The van der Waals surface area contributed by atoms with Gasteiger partial charge in [-0.3, -0.25) is 0 Å². The lowest BCUT2D eigenvalue weighted by molar-refractivity contribution is 0.332. The van der Waals surface area contributed by atoms with Gasteiger partial charge in [0, 0.05) is 17.3 Å². The van der Waals surface area contributed by atoms with Crippen LogP contribution >= 0.6 is 11.8 Å². The molecule has 0 radical (unpaired) electrons. The van der Waals surface area contributed by atoms with E-state index in [0.717, 1.165) is 22.2 Å². The number of imidazole rings is 1. The molecule has 7 heteroatoms. The van der Waals surface area contributed by atoms with Crippen molar-refractivity contribution >= 4 is 11.8 Å². The van der Waals surface area contributed by atoms with E-state index in [9.17, 15) is 0 Å². The number of thioether (sulfide) groups is 1. The van der Waals surface area contributed by atoms with Crippen molar-refractivity contribution < 1.29 is 9.26 Å². The van der Waals surface area contributed by atoms with Crippen LogP contribution in [0, 0.1) is 13.8 Å². The van der Waals surface area contributed by atoms with Crippen molar-refractivity contribution in [3.8, 4) is 17.1 Å². The van der Waals surface area contributed by atoms with Gasteiger partial charge in [0.25, 0.3) is 0 Å². The Bertz CT molecular complexity index is 944. The van der Waals surface area contributed by atoms with Crippen molar-refractivity contribution in [3.05, 3.63) is 41.5 Å². The van der Waals surface area contributed by atoms with Gasteiger partial charge >= 0.3 is 0 Å². The highest BCUT2D eigenvalue weighted by Gasteiger charge is 2.22. The van der Waals surface area contributed by atoms with E-state index in [2.05, 4.69) is 28.6 Å². The highest BCUT2D eigenvalue weighted by atomic mass is 32.2. The summed E-state index contributed by atoms with van der Waals surface area (Å²) < 4.78 is 13.2. The van der Waals surface area contributed by atoms with Crippen molar-refractivity contribution in [2.75, 3.05) is 7.11 Å². The first-order valence-electron chi connectivity index (χ1n) is 9.81. The molecule has 0 N–H and O–H groups in total. The summed E-state index contributed by atoms with van der Waals surface area (Å²) in [4.78, 5) is 9.36. The average Bonchev–Trinajstić information content (AvgIpc) is 3.32. The second-order valence-corrected chi connectivity index (χ2v) is 8.20. The molecule has 0 saturated heterocycles. The highest BCUT2D eigenvalue weighted by Crippen LogP contribution is 2.35. The van der Waals surface area contributed by atoms with E-state index >= 15 is 0 Å². The molecule has 6 nitrogen and oxygen atoms in total. The molecule has 0 amide bonds. The van der Waals surface area contributed by atoms with Gasteiger partial charge in [0.1, 0.15) is 5.75 Å². The topological polar surface area (TPSA) is 66.0 Å². The number of ether oxygens (including phenoxy) is 1. The van der Waals surface area contributed by atoms with Crippen LogP contribution in [0.1, 0.15) is 55.4 Å². The molecule has 2 heterocycles. The van der Waals surface area contributed by atoms with Gasteiger partial charge in [0.15, 0.2) is 5.16 Å². The Balaban J connectivity index is 1.49. The van der Waals surface area contributed by atoms with Crippen LogP contribution in [-0.2, 0) is 5.75 Å². The molecule has 0 aliphatic heterocycles. The number of benzene rings is 1. The number of aryl methyl sites for hydroxylation is 1. The van der Waals surface area contributed by atoms with Gasteiger partial charge in [0.05, 0.1) is 18.6 Å². The summed E-state index contributed by atoms with van der Waals surface area (Å²) in [5.74, 6) is 2.58. The molecule has 2 aromatic heterocycles. The molecule has 3 aromatic rings. The molecule has 1 aromatic carbocycles. The predicted octanol–water partition coefficient (Wildman–Crippen LogP) is 5.36. The van der Waals surface area contributed by atoms with Gasteiger partial charge in [0.2, 0.25) is 11.7 Å². The molecule has 0 unspecified atom stereocenters. The minimum absolute atomic E-state index is 0.562. The number of methoxy groups -OCH3 is 1. The molecule has 4 rings (SSSR count). The Kier molecular flexibility index (Phi) is 5.71. The van der Waals surface area contributed by atoms with Crippen molar-refractivity contribution in [3.63, 3.8) is 0 Å². The highest BCUT2D eigenvalue weighted by molar-refractivity contribution is 7.98. The van der Waals surface area contributed by atoms with Gasteiger partial charge < -0.3 is 13.8 Å². The Labute approximate surface area is 169 Å². The molecular weight excluding hydrogens is 372 g/mol. The van der Waals surface area contributed by atoms with Gasteiger partial charge in [-0.15, -0.1) is 0 Å². The van der Waals surface area contributed by atoms with Gasteiger partial charge in [-0.05, 0) is 38.8 Å². The largest absolute Gasteiger partial charge is 0.497 e. The lowest BCUT2D eigenvalue weighted by Crippen LogP contribution is -2.15. The van der Waals surface area contributed by atoms with Crippen LogP contribution in [0.15, 0.2) is 33.9 Å². The van der Waals surface area contributed by atoms with Gasteiger partial charge in [-0.2, -0.15) is 4.98 Å². The standard InChI is InChI=1S/C21H26N4O2S/c1-14-15(2)25(17-9-5-4-6-10-17)21(22-14)28-13-19-23-20(24-27-19)16-8-7-11-18(12-16)26-3/h7-8,11-12,17H,4-6,9-10,13H2,1-3H3. The monoisotopic (exact) mass is 398 g/mol. The molecule has 1 aliphatic carbocycles. The zero-order chi connectivity index (χ0) is 19.5. The van der Waals surface area contributed by atoms with Crippen LogP contribution in [0.3, 0.4) is 0 Å². The van der Waals surface area contributed by atoms with Crippen LogP contribution in [-0.4, -0.2) is 26.8 Å². The summed E-state index contributed by atoms with van der Waals surface area (Å²) in [6, 6.07) is 8.24. The van der Waals surface area contributed by atoms with E-state index in [1.165, 1.54) is 37.8 Å². The smallest absolute Gasteiger partial charge is 0.237 e. The maximum atomic E-state index is 5.48. The first-order valence-corrected chi connectivity index (χ1v) is 10.8. The fraction of sp³-hybridized carbons (Fsp3) is 0.476. The summed E-state index contributed by atoms with van der Waals surface area (Å²) in [5, 5.41) is 5.19. The maximum absolute atomic E-state index is 5.48. The van der Waals surface area contributed by atoms with Gasteiger partial charge in [-0.25, -0.2) is 4.98 Å². The Hall–Kier alpha value is -2.28. The first kappa shape index (κ1) is 19.1. The van der Waals surface area contributed by atoms with Crippen LogP contribution in [0.25, 0.3) is 11.4 Å². The maximum Gasteiger partial charge on any atom is 0.237 e. The lowest BCUT2D eigenvalue weighted by Gasteiger charge is -2.25. The molecule has 148 valence electrons. The Morgan fingerprint density at radius 1 is 1.18 bits per heavy atom. The fourth-order valence-corrected chi connectivity index (χ4v) is 4.78. The van der Waals surface area contributed by atoms with Crippen LogP contribution in [0.2, 0.25) is 0 Å². The first-order chi connectivity index (χ1) is 13.7. The normalized spacial score (nSPS) is 15.1. The SMILES string of the molecule is COc1cccc(-c2noc(CSc3nc(C)c(C)n3C3CCCCC3)n2)c1. The second-order valence-electron chi connectivity index (χ2n) is 7.26. The third-order valence-corrected chi connectivity index (χ3v) is 6.35. The number of aromatic nitrogens is 4. The summed E-state index contributed by atoms with van der Waals surface area (Å²) in [7, 11) is 1.65. The van der Waals surface area contributed by atoms with Crippen molar-refractivity contribution in [2.24, 2.45) is 0 Å². The van der Waals surface area contributed by atoms with Crippen LogP contribution in [0.5, 0.6) is 5.75 Å². The van der Waals surface area contributed by atoms with E-state index < -0.39 is 0 Å². The van der Waals surface area contributed by atoms with E-state index in [4.69, 9.17) is 14.2 Å². The van der Waals surface area contributed by atoms with Gasteiger partial charge in [-0.1, -0.05) is 48.3 Å². The minimum atomic E-state index is 0.562. The van der Waals surface area contributed by atoms with Crippen LogP contribution in [0.4, 0.5) is 0 Å². The van der Waals surface area contributed by atoms with Crippen LogP contribution < -0.4 is 4.74 Å². The molecular formula is C21H26N4O2S. The Morgan fingerprint density at radius 3 is 2.79 bits per heavy atom. The second kappa shape index (κ2) is 8.39. The molecule has 28 heavy (non-hydrogen) atoms. The van der Waals surface area contributed by atoms with E-state index in [1.54, 1.807) is 18.9 Å². The fourth-order valence-electron chi connectivity index (χ4n) is 3.79. The third kappa shape index (κ3) is 3.94. The predicted molar refractivity (Wildman–Crippen MR) is 110 cm³/mol. The van der Waals surface area contributed by atoms with E-state index in [0.29, 0.717) is 23.5 Å². The van der Waals surface area contributed by atoms with Crippen molar-refractivity contribution in [1.29, 1.82) is 0 Å². The quantitative estimate of drug-likeness (QED) is 0.521. The average molecular weight is 399 g/mol. The summed E-state index contributed by atoms with van der Waals surface area (Å²) in [6.07, 6.45) is 6.44. The number of hydrogen-bond donors (Lipinski definition) is 0. The number of rotatable bonds is 6. The third-order valence-electron chi connectivity index (χ3n) is 5.42. The minimum Gasteiger partial charge on any atom is -0.497 e. The van der Waals surface area contributed by atoms with E-state index in [-0.39, 0.29) is 0 Å².